The van der Waals surface area contributed by atoms with Crippen LogP contribution in [-0.4, -0.2) is 0 Å². The Balaban J connectivity index is 0.00000144. The average Bonchev–Trinajstić information content (AvgIpc) is 1.97. The lowest BCUT2D eigenvalue weighted by atomic mass is 10.1. The molecule has 0 spiro atoms. The molecule has 0 radical (unpaired) electrons. The van der Waals surface area contributed by atoms with E-state index in [-0.39, 0.29) is 23.0 Å². The highest BCUT2D eigenvalue weighted by atomic mass is 35.5. The Hall–Kier alpha value is -0.0200. The molecule has 0 aliphatic carbocycles. The van der Waals surface area contributed by atoms with Crippen LogP contribution in [-0.2, 0) is 0 Å². The molecule has 74 valence electrons. The monoisotopic (exact) mass is 243 g/mol. The second kappa shape index (κ2) is 5.01. The first-order chi connectivity index (χ1) is 5.54. The fourth-order valence-corrected chi connectivity index (χ4v) is 1.44. The van der Waals surface area contributed by atoms with E-state index in [1.54, 1.807) is 6.92 Å². The van der Waals surface area contributed by atoms with Gasteiger partial charge in [0.05, 0.1) is 5.02 Å². The molecule has 1 atom stereocenters. The molecule has 1 rings (SSSR count). The van der Waals surface area contributed by atoms with Gasteiger partial charge in [-0.3, -0.25) is 0 Å². The fraction of sp³-hybridized carbons (Fsp3) is 0.250. The van der Waals surface area contributed by atoms with Crippen LogP contribution >= 0.6 is 35.6 Å². The third-order valence-corrected chi connectivity index (χ3v) is 2.16. The summed E-state index contributed by atoms with van der Waals surface area (Å²) in [7, 11) is 0. The van der Waals surface area contributed by atoms with Crippen LogP contribution in [0.3, 0.4) is 0 Å². The quantitative estimate of drug-likeness (QED) is 0.751. The molecule has 0 unspecified atom stereocenters. The second-order valence-corrected chi connectivity index (χ2v) is 3.36. The Morgan fingerprint density at radius 3 is 2.15 bits per heavy atom. The molecule has 5 heteroatoms. The maximum absolute atomic E-state index is 13.2. The summed E-state index contributed by atoms with van der Waals surface area (Å²) in [4.78, 5) is 0. The first-order valence-corrected chi connectivity index (χ1v) is 4.18. The van der Waals surface area contributed by atoms with Crippen molar-refractivity contribution in [2.45, 2.75) is 13.0 Å². The van der Waals surface area contributed by atoms with Gasteiger partial charge >= 0.3 is 0 Å². The van der Waals surface area contributed by atoms with Gasteiger partial charge in [0.2, 0.25) is 0 Å². The SMILES string of the molecule is C[C@H](N)c1c(Cl)ccc(Cl)c1F.Cl. The van der Waals surface area contributed by atoms with Crippen molar-refractivity contribution >= 4 is 35.6 Å². The van der Waals surface area contributed by atoms with Crippen LogP contribution in [0.2, 0.25) is 10.0 Å². The number of hydrogen-bond acceptors (Lipinski definition) is 1. The first kappa shape index (κ1) is 13.0. The average molecular weight is 245 g/mol. The summed E-state index contributed by atoms with van der Waals surface area (Å²) < 4.78 is 13.2. The number of benzene rings is 1. The van der Waals surface area contributed by atoms with Gasteiger partial charge in [0.25, 0.3) is 0 Å². The molecule has 0 bridgehead atoms. The van der Waals surface area contributed by atoms with Crippen LogP contribution in [0, 0.1) is 5.82 Å². The van der Waals surface area contributed by atoms with E-state index >= 15 is 0 Å². The lowest BCUT2D eigenvalue weighted by Crippen LogP contribution is -2.08. The maximum atomic E-state index is 13.2. The van der Waals surface area contributed by atoms with Crippen LogP contribution in [0.25, 0.3) is 0 Å². The van der Waals surface area contributed by atoms with E-state index in [2.05, 4.69) is 0 Å². The minimum atomic E-state index is -0.529. The predicted molar refractivity (Wildman–Crippen MR) is 56.3 cm³/mol. The van der Waals surface area contributed by atoms with Gasteiger partial charge in [-0.15, -0.1) is 12.4 Å². The summed E-state index contributed by atoms with van der Waals surface area (Å²) in [5.74, 6) is -0.529. The third-order valence-electron chi connectivity index (χ3n) is 1.53. The summed E-state index contributed by atoms with van der Waals surface area (Å²) >= 11 is 11.3. The summed E-state index contributed by atoms with van der Waals surface area (Å²) in [5.41, 5.74) is 5.77. The molecule has 1 aromatic carbocycles. The van der Waals surface area contributed by atoms with Gasteiger partial charge in [-0.1, -0.05) is 23.2 Å². The summed E-state index contributed by atoms with van der Waals surface area (Å²) in [6.45, 7) is 1.65. The Morgan fingerprint density at radius 1 is 1.31 bits per heavy atom. The molecule has 0 fully saturated rings. The number of rotatable bonds is 1. The Kier molecular flexibility index (Phi) is 5.00. The first-order valence-electron chi connectivity index (χ1n) is 3.43. The molecule has 0 amide bonds. The van der Waals surface area contributed by atoms with Crippen molar-refractivity contribution in [2.24, 2.45) is 5.73 Å². The highest BCUT2D eigenvalue weighted by Gasteiger charge is 2.13. The van der Waals surface area contributed by atoms with E-state index in [9.17, 15) is 4.39 Å². The van der Waals surface area contributed by atoms with Crippen LogP contribution < -0.4 is 5.73 Å². The zero-order chi connectivity index (χ0) is 9.30. The summed E-state index contributed by atoms with van der Waals surface area (Å²) in [6.07, 6.45) is 0. The second-order valence-electron chi connectivity index (χ2n) is 2.55. The highest BCUT2D eigenvalue weighted by Crippen LogP contribution is 2.28. The van der Waals surface area contributed by atoms with Gasteiger partial charge in [0.15, 0.2) is 0 Å². The topological polar surface area (TPSA) is 26.0 Å². The summed E-state index contributed by atoms with van der Waals surface area (Å²) in [5, 5.41) is 0.360. The molecular formula is C8H9Cl3FN. The molecule has 0 aliphatic rings. The van der Waals surface area contributed by atoms with E-state index in [0.29, 0.717) is 5.02 Å². The van der Waals surface area contributed by atoms with E-state index in [1.165, 1.54) is 12.1 Å². The molecule has 1 aromatic rings. The van der Waals surface area contributed by atoms with Gasteiger partial charge in [-0.2, -0.15) is 0 Å². The van der Waals surface area contributed by atoms with Crippen molar-refractivity contribution in [1.29, 1.82) is 0 Å². The van der Waals surface area contributed by atoms with E-state index < -0.39 is 11.9 Å². The van der Waals surface area contributed by atoms with E-state index in [1.807, 2.05) is 0 Å². The largest absolute Gasteiger partial charge is 0.324 e. The molecule has 0 aliphatic heterocycles. The van der Waals surface area contributed by atoms with Gasteiger partial charge in [0.1, 0.15) is 5.82 Å². The van der Waals surface area contributed by atoms with E-state index in [0.717, 1.165) is 0 Å². The molecule has 13 heavy (non-hydrogen) atoms. The number of hydrogen-bond donors (Lipinski definition) is 1. The number of halogens is 4. The molecule has 0 saturated heterocycles. The van der Waals surface area contributed by atoms with Crippen LogP contribution in [0.15, 0.2) is 12.1 Å². The van der Waals surface area contributed by atoms with Crippen molar-refractivity contribution in [3.63, 3.8) is 0 Å². The van der Waals surface area contributed by atoms with Crippen LogP contribution in [0.1, 0.15) is 18.5 Å². The van der Waals surface area contributed by atoms with Gasteiger partial charge in [0, 0.05) is 16.6 Å². The molecular weight excluding hydrogens is 235 g/mol. The van der Waals surface area contributed by atoms with Crippen molar-refractivity contribution in [3.8, 4) is 0 Å². The zero-order valence-corrected chi connectivity index (χ0v) is 9.18. The molecule has 2 N–H and O–H groups in total. The lowest BCUT2D eigenvalue weighted by molar-refractivity contribution is 0.594. The van der Waals surface area contributed by atoms with Crippen molar-refractivity contribution in [3.05, 3.63) is 33.6 Å². The summed E-state index contributed by atoms with van der Waals surface area (Å²) in [6, 6.07) is 2.49. The maximum Gasteiger partial charge on any atom is 0.148 e. The molecule has 0 heterocycles. The van der Waals surface area contributed by atoms with E-state index in [4.69, 9.17) is 28.9 Å². The Labute approximate surface area is 92.4 Å². The van der Waals surface area contributed by atoms with Crippen LogP contribution in [0.5, 0.6) is 0 Å². The highest BCUT2D eigenvalue weighted by molar-refractivity contribution is 6.33. The molecule has 0 saturated carbocycles. The third kappa shape index (κ3) is 2.71. The molecule has 0 aromatic heterocycles. The fourth-order valence-electron chi connectivity index (χ4n) is 0.960. The standard InChI is InChI=1S/C8H8Cl2FN.ClH/c1-4(12)7-5(9)2-3-6(10)8(7)11;/h2-4H,12H2,1H3;1H/t4-;/m0./s1. The zero-order valence-electron chi connectivity index (χ0n) is 6.85. The van der Waals surface area contributed by atoms with Gasteiger partial charge in [-0.05, 0) is 19.1 Å². The lowest BCUT2D eigenvalue weighted by Gasteiger charge is -2.09. The van der Waals surface area contributed by atoms with Gasteiger partial charge < -0.3 is 5.73 Å². The van der Waals surface area contributed by atoms with Crippen LogP contribution in [0.4, 0.5) is 4.39 Å². The van der Waals surface area contributed by atoms with Crippen molar-refractivity contribution < 1.29 is 4.39 Å². The Bertz CT molecular complexity index is 302. The normalized spacial score (nSPS) is 12.1. The number of nitrogens with two attached hydrogens (primary N) is 1. The molecule has 1 nitrogen and oxygen atoms in total. The van der Waals surface area contributed by atoms with Gasteiger partial charge in [-0.25, -0.2) is 4.39 Å². The smallest absolute Gasteiger partial charge is 0.148 e. The Morgan fingerprint density at radius 2 is 1.77 bits per heavy atom. The predicted octanol–water partition coefficient (Wildman–Crippen LogP) is 3.57. The minimum absolute atomic E-state index is 0. The van der Waals surface area contributed by atoms with Crippen molar-refractivity contribution in [1.82, 2.24) is 0 Å². The van der Waals surface area contributed by atoms with Crippen molar-refractivity contribution in [2.75, 3.05) is 0 Å². The minimum Gasteiger partial charge on any atom is -0.324 e.